The van der Waals surface area contributed by atoms with E-state index in [0.29, 0.717) is 23.6 Å². The van der Waals surface area contributed by atoms with Gasteiger partial charge in [0.15, 0.2) is 0 Å². The number of hydrogen-bond donors (Lipinski definition) is 2. The van der Waals surface area contributed by atoms with Crippen LogP contribution in [0.5, 0.6) is 0 Å². The summed E-state index contributed by atoms with van der Waals surface area (Å²) in [4.78, 5) is 16.0. The first-order valence-electron chi connectivity index (χ1n) is 6.59. The van der Waals surface area contributed by atoms with Gasteiger partial charge in [0.25, 0.3) is 0 Å². The number of ether oxygens (including phenoxy) is 1. The first-order valence-corrected chi connectivity index (χ1v) is 6.97. The van der Waals surface area contributed by atoms with Gasteiger partial charge in [-0.15, -0.1) is 0 Å². The van der Waals surface area contributed by atoms with E-state index in [1.54, 1.807) is 6.07 Å². The lowest BCUT2D eigenvalue weighted by Crippen LogP contribution is -2.36. The van der Waals surface area contributed by atoms with Crippen molar-refractivity contribution in [2.75, 3.05) is 0 Å². The van der Waals surface area contributed by atoms with Gasteiger partial charge in [-0.05, 0) is 39.7 Å². The average molecular weight is 299 g/mol. The summed E-state index contributed by atoms with van der Waals surface area (Å²) in [6, 6.07) is 1.49. The van der Waals surface area contributed by atoms with E-state index >= 15 is 0 Å². The number of fused-ring (bicyclic) bond motifs is 1. The molecule has 2 atom stereocenters. The Labute approximate surface area is 123 Å². The number of nitrogens with zero attached hydrogens (tertiary/aromatic N) is 1. The number of aromatic nitrogens is 1. The van der Waals surface area contributed by atoms with Gasteiger partial charge in [-0.3, -0.25) is 4.98 Å². The maximum Gasteiger partial charge on any atom is 0.408 e. The third-order valence-electron chi connectivity index (χ3n) is 3.03. The highest BCUT2D eigenvalue weighted by Gasteiger charge is 2.29. The number of amides is 1. The third kappa shape index (κ3) is 3.61. The van der Waals surface area contributed by atoms with Gasteiger partial charge in [0, 0.05) is 11.8 Å². The van der Waals surface area contributed by atoms with Gasteiger partial charge in [-0.1, -0.05) is 11.6 Å². The van der Waals surface area contributed by atoms with Crippen LogP contribution in [0.3, 0.4) is 0 Å². The molecule has 0 aliphatic heterocycles. The van der Waals surface area contributed by atoms with Crippen LogP contribution in [0.1, 0.15) is 57.0 Å². The molecule has 1 aromatic heterocycles. The van der Waals surface area contributed by atoms with Gasteiger partial charge in [0.1, 0.15) is 5.60 Å². The van der Waals surface area contributed by atoms with Gasteiger partial charge in [0.2, 0.25) is 0 Å². The molecule has 2 rings (SSSR count). The second-order valence-electron chi connectivity index (χ2n) is 5.92. The summed E-state index contributed by atoms with van der Waals surface area (Å²) >= 11 is 5.94. The maximum atomic E-state index is 11.9. The number of alkyl carbamates (subject to hydrolysis) is 1. The predicted molar refractivity (Wildman–Crippen MR) is 75.6 cm³/mol. The number of aliphatic hydroxyl groups excluding tert-OH is 1. The SMILES string of the molecule is CC(C)(C)OC(=O)NC1CCC(O)c2ncc(Cl)cc21. The molecule has 0 bridgehead atoms. The summed E-state index contributed by atoms with van der Waals surface area (Å²) in [5.41, 5.74) is 0.775. The summed E-state index contributed by atoms with van der Waals surface area (Å²) in [5.74, 6) is 0. The van der Waals surface area contributed by atoms with E-state index in [1.165, 1.54) is 6.20 Å². The molecule has 2 unspecified atom stereocenters. The first-order chi connectivity index (χ1) is 9.26. The van der Waals surface area contributed by atoms with E-state index in [1.807, 2.05) is 20.8 Å². The van der Waals surface area contributed by atoms with Gasteiger partial charge >= 0.3 is 6.09 Å². The Morgan fingerprint density at radius 1 is 1.50 bits per heavy atom. The minimum absolute atomic E-state index is 0.241. The molecule has 1 aliphatic rings. The van der Waals surface area contributed by atoms with Crippen molar-refractivity contribution in [1.29, 1.82) is 0 Å². The molecular formula is C14H19ClN2O3. The van der Waals surface area contributed by atoms with Crippen LogP contribution in [-0.4, -0.2) is 21.8 Å². The maximum absolute atomic E-state index is 11.9. The number of carbonyl (C=O) groups excluding carboxylic acids is 1. The van der Waals surface area contributed by atoms with Crippen molar-refractivity contribution >= 4 is 17.7 Å². The number of hydrogen-bond acceptors (Lipinski definition) is 4. The van der Waals surface area contributed by atoms with Crippen molar-refractivity contribution in [2.24, 2.45) is 0 Å². The molecule has 2 N–H and O–H groups in total. The lowest BCUT2D eigenvalue weighted by molar-refractivity contribution is 0.0484. The van der Waals surface area contributed by atoms with Crippen molar-refractivity contribution in [1.82, 2.24) is 10.3 Å². The standard InChI is InChI=1S/C14H19ClN2O3/c1-14(2,3)20-13(19)17-10-4-5-11(18)12-9(10)6-8(15)7-16-12/h6-7,10-11,18H,4-5H2,1-3H3,(H,17,19). The molecule has 6 heteroatoms. The van der Waals surface area contributed by atoms with Crippen molar-refractivity contribution in [3.8, 4) is 0 Å². The molecule has 110 valence electrons. The van der Waals surface area contributed by atoms with Crippen LogP contribution in [0.15, 0.2) is 12.3 Å². The summed E-state index contributed by atoms with van der Waals surface area (Å²) in [5, 5.41) is 13.2. The molecule has 0 radical (unpaired) electrons. The molecule has 1 aromatic rings. The fourth-order valence-electron chi connectivity index (χ4n) is 2.24. The van der Waals surface area contributed by atoms with Crippen molar-refractivity contribution in [3.63, 3.8) is 0 Å². The molecule has 0 aromatic carbocycles. The summed E-state index contributed by atoms with van der Waals surface area (Å²) in [6.45, 7) is 5.43. The first kappa shape index (κ1) is 15.1. The van der Waals surface area contributed by atoms with E-state index < -0.39 is 17.8 Å². The molecule has 0 fully saturated rings. The topological polar surface area (TPSA) is 71.5 Å². The molecular weight excluding hydrogens is 280 g/mol. The summed E-state index contributed by atoms with van der Waals surface area (Å²) < 4.78 is 5.25. The molecule has 5 nitrogen and oxygen atoms in total. The Balaban J connectivity index is 2.17. The quantitative estimate of drug-likeness (QED) is 0.835. The average Bonchev–Trinajstić information content (AvgIpc) is 2.30. The number of rotatable bonds is 1. The number of pyridine rings is 1. The summed E-state index contributed by atoms with van der Waals surface area (Å²) in [6.07, 6.45) is 1.57. The number of carbonyl (C=O) groups is 1. The second kappa shape index (κ2) is 5.58. The van der Waals surface area contributed by atoms with E-state index in [4.69, 9.17) is 16.3 Å². The lowest BCUT2D eigenvalue weighted by Gasteiger charge is -2.29. The zero-order chi connectivity index (χ0) is 14.9. The van der Waals surface area contributed by atoms with Crippen LogP contribution >= 0.6 is 11.6 Å². The fourth-order valence-corrected chi connectivity index (χ4v) is 2.41. The van der Waals surface area contributed by atoms with Gasteiger partial charge in [-0.2, -0.15) is 0 Å². The second-order valence-corrected chi connectivity index (χ2v) is 6.36. The highest BCUT2D eigenvalue weighted by Crippen LogP contribution is 2.36. The normalized spacial score (nSPS) is 22.1. The largest absolute Gasteiger partial charge is 0.444 e. The van der Waals surface area contributed by atoms with E-state index in [-0.39, 0.29) is 6.04 Å². The molecule has 1 heterocycles. The van der Waals surface area contributed by atoms with Crippen LogP contribution in [-0.2, 0) is 4.74 Å². The van der Waals surface area contributed by atoms with E-state index in [9.17, 15) is 9.90 Å². The zero-order valence-electron chi connectivity index (χ0n) is 11.8. The highest BCUT2D eigenvalue weighted by atomic mass is 35.5. The van der Waals surface area contributed by atoms with Crippen LogP contribution in [0.4, 0.5) is 4.79 Å². The Bertz CT molecular complexity index is 514. The van der Waals surface area contributed by atoms with Crippen LogP contribution in [0.25, 0.3) is 0 Å². The van der Waals surface area contributed by atoms with Crippen molar-refractivity contribution in [2.45, 2.75) is 51.4 Å². The smallest absolute Gasteiger partial charge is 0.408 e. The number of aliphatic hydroxyl groups is 1. The lowest BCUT2D eigenvalue weighted by atomic mass is 9.89. The van der Waals surface area contributed by atoms with Gasteiger partial charge in [0.05, 0.1) is 22.9 Å². The minimum atomic E-state index is -0.612. The molecule has 1 amide bonds. The summed E-state index contributed by atoms with van der Waals surface area (Å²) in [7, 11) is 0. The number of halogens is 1. The Kier molecular flexibility index (Phi) is 4.20. The van der Waals surface area contributed by atoms with Crippen molar-refractivity contribution in [3.05, 3.63) is 28.5 Å². The van der Waals surface area contributed by atoms with Gasteiger partial charge in [-0.25, -0.2) is 4.79 Å². The van der Waals surface area contributed by atoms with Crippen LogP contribution in [0.2, 0.25) is 5.02 Å². The van der Waals surface area contributed by atoms with Gasteiger partial charge < -0.3 is 15.2 Å². The predicted octanol–water partition coefficient (Wildman–Crippen LogP) is 3.13. The number of nitrogens with one attached hydrogen (secondary N) is 1. The molecule has 0 saturated carbocycles. The van der Waals surface area contributed by atoms with E-state index in [0.717, 1.165) is 5.56 Å². The fraction of sp³-hybridized carbons (Fsp3) is 0.571. The van der Waals surface area contributed by atoms with Crippen molar-refractivity contribution < 1.29 is 14.6 Å². The Morgan fingerprint density at radius 2 is 2.20 bits per heavy atom. The Hall–Kier alpha value is -1.33. The third-order valence-corrected chi connectivity index (χ3v) is 3.23. The molecule has 0 saturated heterocycles. The van der Waals surface area contributed by atoms with Crippen LogP contribution in [0, 0.1) is 0 Å². The monoisotopic (exact) mass is 298 g/mol. The highest BCUT2D eigenvalue weighted by molar-refractivity contribution is 6.30. The minimum Gasteiger partial charge on any atom is -0.444 e. The van der Waals surface area contributed by atoms with Crippen LogP contribution < -0.4 is 5.32 Å². The molecule has 20 heavy (non-hydrogen) atoms. The van der Waals surface area contributed by atoms with E-state index in [2.05, 4.69) is 10.3 Å². The Morgan fingerprint density at radius 3 is 2.85 bits per heavy atom. The zero-order valence-corrected chi connectivity index (χ0v) is 12.6. The molecule has 1 aliphatic carbocycles. The molecule has 0 spiro atoms.